The summed E-state index contributed by atoms with van der Waals surface area (Å²) in [7, 11) is 1.38. The number of unbranched alkanes of at least 4 members (excludes halogenated alkanes) is 1. The molecule has 1 aromatic rings. The van der Waals surface area contributed by atoms with Gasteiger partial charge in [0.25, 0.3) is 5.91 Å². The third-order valence-electron chi connectivity index (χ3n) is 5.25. The first kappa shape index (κ1) is 23.4. The van der Waals surface area contributed by atoms with Gasteiger partial charge in [0, 0.05) is 29.2 Å². The normalized spacial score (nSPS) is 18.5. The lowest BCUT2D eigenvalue weighted by Crippen LogP contribution is -2.62. The number of carbonyl (C=O) groups excluding carboxylic acids is 1. The van der Waals surface area contributed by atoms with Crippen LogP contribution in [0.15, 0.2) is 18.2 Å². The second kappa shape index (κ2) is 9.28. The number of ether oxygens (including phenoxy) is 2. The highest BCUT2D eigenvalue weighted by atomic mass is 19.3. The Bertz CT molecular complexity index is 691. The number of amides is 1. The predicted molar refractivity (Wildman–Crippen MR) is 110 cm³/mol. The van der Waals surface area contributed by atoms with Crippen molar-refractivity contribution >= 4 is 5.91 Å². The van der Waals surface area contributed by atoms with Crippen molar-refractivity contribution in [2.45, 2.75) is 84.0 Å². The maximum Gasteiger partial charge on any atom is 0.387 e. The number of benzene rings is 1. The van der Waals surface area contributed by atoms with Crippen LogP contribution in [0.5, 0.6) is 11.5 Å². The molecule has 1 heterocycles. The topological polar surface area (TPSA) is 50.8 Å². The first-order chi connectivity index (χ1) is 13.5. The Morgan fingerprint density at radius 1 is 1.21 bits per heavy atom. The fraction of sp³-hybridized carbons (Fsp3) is 0.682. The van der Waals surface area contributed by atoms with Crippen LogP contribution in [0.4, 0.5) is 8.78 Å². The summed E-state index contributed by atoms with van der Waals surface area (Å²) in [5.41, 5.74) is 0.105. The fourth-order valence-electron chi connectivity index (χ4n) is 4.43. The molecule has 0 saturated carbocycles. The number of hydrogen-bond donors (Lipinski definition) is 1. The van der Waals surface area contributed by atoms with Crippen molar-refractivity contribution in [3.8, 4) is 11.5 Å². The highest BCUT2D eigenvalue weighted by molar-refractivity contribution is 5.95. The van der Waals surface area contributed by atoms with Crippen LogP contribution in [0.3, 0.4) is 0 Å². The number of nitrogens with zero attached hydrogens (tertiary/aromatic N) is 1. The number of piperidine rings is 1. The number of methoxy groups -OCH3 is 1. The van der Waals surface area contributed by atoms with E-state index in [2.05, 4.69) is 44.7 Å². The molecule has 5 nitrogen and oxygen atoms in total. The fourth-order valence-corrected chi connectivity index (χ4v) is 4.43. The van der Waals surface area contributed by atoms with Gasteiger partial charge in [-0.3, -0.25) is 4.79 Å². The van der Waals surface area contributed by atoms with Gasteiger partial charge in [-0.25, -0.2) is 0 Å². The van der Waals surface area contributed by atoms with E-state index in [1.807, 2.05) is 4.90 Å². The van der Waals surface area contributed by atoms with Gasteiger partial charge >= 0.3 is 6.61 Å². The summed E-state index contributed by atoms with van der Waals surface area (Å²) in [6, 6.07) is 4.51. The first-order valence-electron chi connectivity index (χ1n) is 10.2. The lowest BCUT2D eigenvalue weighted by molar-refractivity contribution is -0.0512. The Morgan fingerprint density at radius 3 is 2.34 bits per heavy atom. The van der Waals surface area contributed by atoms with Gasteiger partial charge in [0.05, 0.1) is 7.11 Å². The zero-order chi connectivity index (χ0) is 21.8. The summed E-state index contributed by atoms with van der Waals surface area (Å²) < 4.78 is 35.2. The summed E-state index contributed by atoms with van der Waals surface area (Å²) in [5.74, 6) is -0.125. The predicted octanol–water partition coefficient (Wildman–Crippen LogP) is 4.85. The summed E-state index contributed by atoms with van der Waals surface area (Å²) in [5, 5.41) is 3.64. The van der Waals surface area contributed by atoms with Crippen LogP contribution < -0.4 is 14.8 Å². The number of alkyl halides is 2. The van der Waals surface area contributed by atoms with Crippen LogP contribution in [-0.2, 0) is 0 Å². The molecule has 0 radical (unpaired) electrons. The third kappa shape index (κ3) is 6.29. The minimum Gasteiger partial charge on any atom is -0.493 e. The second-order valence-electron chi connectivity index (χ2n) is 9.05. The molecule has 1 aliphatic heterocycles. The highest BCUT2D eigenvalue weighted by Gasteiger charge is 2.41. The molecule has 7 heteroatoms. The average molecular weight is 413 g/mol. The van der Waals surface area contributed by atoms with Crippen molar-refractivity contribution in [2.75, 3.05) is 13.7 Å². The Kier molecular flexibility index (Phi) is 7.49. The van der Waals surface area contributed by atoms with E-state index in [4.69, 9.17) is 4.74 Å². The molecule has 1 amide bonds. The summed E-state index contributed by atoms with van der Waals surface area (Å²) >= 11 is 0. The largest absolute Gasteiger partial charge is 0.493 e. The van der Waals surface area contributed by atoms with Gasteiger partial charge in [0.1, 0.15) is 0 Å². The maximum absolute atomic E-state index is 13.4. The highest BCUT2D eigenvalue weighted by Crippen LogP contribution is 2.34. The lowest BCUT2D eigenvalue weighted by atomic mass is 9.78. The monoisotopic (exact) mass is 412 g/mol. The van der Waals surface area contributed by atoms with Gasteiger partial charge in [-0.2, -0.15) is 8.78 Å². The molecule has 2 rings (SSSR count). The quantitative estimate of drug-likeness (QED) is 0.663. The zero-order valence-electron chi connectivity index (χ0n) is 18.4. The molecular weight excluding hydrogens is 378 g/mol. The molecule has 164 valence electrons. The lowest BCUT2D eigenvalue weighted by Gasteiger charge is -2.49. The zero-order valence-corrected chi connectivity index (χ0v) is 18.4. The number of rotatable bonds is 8. The summed E-state index contributed by atoms with van der Waals surface area (Å²) in [6.07, 6.45) is 3.49. The standard InChI is InChI=1S/C22H34F2N2O3/c1-7-8-11-26(16-13-21(2,3)25-22(4,5)14-16)19(27)15-9-10-17(28-6)18(12-15)29-20(23)24/h9-10,12,16,20,25H,7-8,11,13-14H2,1-6H3. The van der Waals surface area contributed by atoms with Crippen molar-refractivity contribution in [3.05, 3.63) is 23.8 Å². The number of halogens is 2. The van der Waals surface area contributed by atoms with E-state index >= 15 is 0 Å². The van der Waals surface area contributed by atoms with Gasteiger partial charge in [0.15, 0.2) is 11.5 Å². The molecule has 0 spiro atoms. The van der Waals surface area contributed by atoms with E-state index in [1.165, 1.54) is 19.2 Å². The molecule has 1 saturated heterocycles. The summed E-state index contributed by atoms with van der Waals surface area (Å²) in [6.45, 7) is 8.30. The Hall–Kier alpha value is -1.89. The van der Waals surface area contributed by atoms with Crippen molar-refractivity contribution in [1.29, 1.82) is 0 Å². The van der Waals surface area contributed by atoms with E-state index in [9.17, 15) is 13.6 Å². The second-order valence-corrected chi connectivity index (χ2v) is 9.05. The molecule has 1 aromatic carbocycles. The molecule has 1 N–H and O–H groups in total. The molecule has 0 aromatic heterocycles. The van der Waals surface area contributed by atoms with Crippen LogP contribution in [0.1, 0.15) is 70.7 Å². The SMILES string of the molecule is CCCCN(C(=O)c1ccc(OC)c(OC(F)F)c1)C1CC(C)(C)NC(C)(C)C1. The van der Waals surface area contributed by atoms with E-state index in [1.54, 1.807) is 6.07 Å². The Morgan fingerprint density at radius 2 is 1.83 bits per heavy atom. The minimum absolute atomic E-state index is 0.0573. The van der Waals surface area contributed by atoms with Gasteiger partial charge < -0.3 is 19.7 Å². The van der Waals surface area contributed by atoms with Gasteiger partial charge in [0.2, 0.25) is 0 Å². The molecule has 0 unspecified atom stereocenters. The van der Waals surface area contributed by atoms with Gasteiger partial charge in [-0.05, 0) is 65.2 Å². The van der Waals surface area contributed by atoms with Crippen LogP contribution in [-0.4, -0.2) is 48.2 Å². The number of hydrogen-bond acceptors (Lipinski definition) is 4. The summed E-state index contributed by atoms with van der Waals surface area (Å²) in [4.78, 5) is 15.3. The molecule has 0 atom stereocenters. The van der Waals surface area contributed by atoms with E-state index < -0.39 is 6.61 Å². The molecule has 29 heavy (non-hydrogen) atoms. The van der Waals surface area contributed by atoms with E-state index in [-0.39, 0.29) is 34.5 Å². The van der Waals surface area contributed by atoms with Crippen LogP contribution >= 0.6 is 0 Å². The number of nitrogens with one attached hydrogen (secondary N) is 1. The Balaban J connectivity index is 2.36. The van der Waals surface area contributed by atoms with E-state index in [0.717, 1.165) is 25.7 Å². The van der Waals surface area contributed by atoms with Crippen LogP contribution in [0.2, 0.25) is 0 Å². The average Bonchev–Trinajstić information content (AvgIpc) is 2.58. The van der Waals surface area contributed by atoms with Crippen molar-refractivity contribution in [2.24, 2.45) is 0 Å². The molecule has 1 aliphatic rings. The van der Waals surface area contributed by atoms with Crippen molar-refractivity contribution < 1.29 is 23.0 Å². The van der Waals surface area contributed by atoms with E-state index in [0.29, 0.717) is 12.1 Å². The van der Waals surface area contributed by atoms with Crippen LogP contribution in [0, 0.1) is 0 Å². The molecule has 0 bridgehead atoms. The van der Waals surface area contributed by atoms with Crippen LogP contribution in [0.25, 0.3) is 0 Å². The number of carbonyl (C=O) groups is 1. The van der Waals surface area contributed by atoms with Crippen molar-refractivity contribution in [1.82, 2.24) is 10.2 Å². The van der Waals surface area contributed by atoms with Crippen molar-refractivity contribution in [3.63, 3.8) is 0 Å². The van der Waals surface area contributed by atoms with Gasteiger partial charge in [-0.1, -0.05) is 13.3 Å². The Labute approximate surface area is 172 Å². The smallest absolute Gasteiger partial charge is 0.387 e. The first-order valence-corrected chi connectivity index (χ1v) is 10.2. The molecule has 1 fully saturated rings. The maximum atomic E-state index is 13.4. The minimum atomic E-state index is -2.99. The molecule has 0 aliphatic carbocycles. The third-order valence-corrected chi connectivity index (χ3v) is 5.25. The van der Waals surface area contributed by atoms with Gasteiger partial charge in [-0.15, -0.1) is 0 Å². The molecular formula is C22H34F2N2O3.